The lowest BCUT2D eigenvalue weighted by Gasteiger charge is -2.30. The topological polar surface area (TPSA) is 79.9 Å². The molecule has 0 aliphatic carbocycles. The minimum Gasteiger partial charge on any atom is -0.388 e. The van der Waals surface area contributed by atoms with E-state index in [4.69, 9.17) is 10.5 Å². The Morgan fingerprint density at radius 3 is 2.41 bits per heavy atom. The predicted octanol–water partition coefficient (Wildman–Crippen LogP) is 0.849. The van der Waals surface area contributed by atoms with Crippen LogP contribution in [-0.2, 0) is 4.74 Å². The predicted molar refractivity (Wildman–Crippen MR) is 79.8 cm³/mol. The molecule has 0 spiro atoms. The highest BCUT2D eigenvalue weighted by Crippen LogP contribution is 2.20. The molecule has 5 nitrogen and oxygen atoms in total. The summed E-state index contributed by atoms with van der Waals surface area (Å²) in [7, 11) is 0. The normalized spacial score (nSPS) is 20.6. The molecule has 1 saturated heterocycles. The van der Waals surface area contributed by atoms with Crippen LogP contribution in [0.5, 0.6) is 0 Å². The fraction of sp³-hybridized carbons (Fsp3) is 0.909. The molecule has 1 fully saturated rings. The third-order valence-corrected chi connectivity index (χ3v) is 2.47. The summed E-state index contributed by atoms with van der Waals surface area (Å²) in [5, 5.41) is 13.2. The van der Waals surface area contributed by atoms with Gasteiger partial charge in [-0.1, -0.05) is 0 Å². The molecule has 1 rings (SSSR count). The van der Waals surface area contributed by atoms with E-state index in [1.54, 1.807) is 0 Å². The van der Waals surface area contributed by atoms with Crippen molar-refractivity contribution < 1.29 is 9.84 Å². The highest BCUT2D eigenvalue weighted by molar-refractivity contribution is 14.0. The number of nitrogens with zero attached hydrogens (tertiary/aromatic N) is 1. The van der Waals surface area contributed by atoms with Crippen molar-refractivity contribution in [2.75, 3.05) is 19.8 Å². The molecule has 4 N–H and O–H groups in total. The van der Waals surface area contributed by atoms with Crippen LogP contribution in [0.15, 0.2) is 4.99 Å². The Bertz CT molecular complexity index is 258. The standard InChI is InChI=1S/C11H23N3O2.HI/c1-10(2,3)14-9(12)13-8-11(15)4-6-16-7-5-11;/h15H,4-8H2,1-3H3,(H3,12,13,14);1H. The van der Waals surface area contributed by atoms with Crippen molar-refractivity contribution in [3.63, 3.8) is 0 Å². The molecule has 0 saturated carbocycles. The maximum atomic E-state index is 10.1. The number of aliphatic imine (C=N–C) groups is 1. The second kappa shape index (κ2) is 6.75. The molecule has 0 radical (unpaired) electrons. The maximum Gasteiger partial charge on any atom is 0.189 e. The lowest BCUT2D eigenvalue weighted by atomic mass is 9.95. The molecular formula is C11H24IN3O2. The van der Waals surface area contributed by atoms with Gasteiger partial charge < -0.3 is 20.9 Å². The van der Waals surface area contributed by atoms with Crippen molar-refractivity contribution in [1.29, 1.82) is 0 Å². The van der Waals surface area contributed by atoms with Gasteiger partial charge in [-0.15, -0.1) is 24.0 Å². The molecule has 0 unspecified atom stereocenters. The average molecular weight is 357 g/mol. The summed E-state index contributed by atoms with van der Waals surface area (Å²) in [6.45, 7) is 7.57. The number of hydrogen-bond donors (Lipinski definition) is 3. The second-order valence-corrected chi connectivity index (χ2v) is 5.41. The Balaban J connectivity index is 0.00000256. The molecule has 0 amide bonds. The van der Waals surface area contributed by atoms with Gasteiger partial charge in [-0.3, -0.25) is 4.99 Å². The van der Waals surface area contributed by atoms with Gasteiger partial charge >= 0.3 is 0 Å². The van der Waals surface area contributed by atoms with Gasteiger partial charge in [0.25, 0.3) is 0 Å². The molecule has 1 heterocycles. The van der Waals surface area contributed by atoms with Crippen LogP contribution in [0.4, 0.5) is 0 Å². The molecule has 102 valence electrons. The minimum absolute atomic E-state index is 0. The third-order valence-electron chi connectivity index (χ3n) is 2.47. The SMILES string of the molecule is CC(C)(C)NC(N)=NCC1(O)CCOCC1.I. The molecule has 0 aromatic carbocycles. The molecule has 1 aliphatic rings. The van der Waals surface area contributed by atoms with Crippen LogP contribution in [0.25, 0.3) is 0 Å². The number of aliphatic hydroxyl groups is 1. The first-order valence-electron chi connectivity index (χ1n) is 5.69. The van der Waals surface area contributed by atoms with Crippen LogP contribution in [-0.4, -0.2) is 42.0 Å². The smallest absolute Gasteiger partial charge is 0.189 e. The van der Waals surface area contributed by atoms with Crippen molar-refractivity contribution in [2.45, 2.75) is 44.8 Å². The van der Waals surface area contributed by atoms with Crippen LogP contribution in [0, 0.1) is 0 Å². The van der Waals surface area contributed by atoms with Gasteiger partial charge in [0.15, 0.2) is 5.96 Å². The number of hydrogen-bond acceptors (Lipinski definition) is 3. The van der Waals surface area contributed by atoms with E-state index in [1.807, 2.05) is 20.8 Å². The zero-order chi connectivity index (χ0) is 12.2. The van der Waals surface area contributed by atoms with E-state index in [0.717, 1.165) is 0 Å². The monoisotopic (exact) mass is 357 g/mol. The van der Waals surface area contributed by atoms with E-state index in [1.165, 1.54) is 0 Å². The van der Waals surface area contributed by atoms with Crippen LogP contribution in [0.3, 0.4) is 0 Å². The van der Waals surface area contributed by atoms with Gasteiger partial charge in [-0.25, -0.2) is 0 Å². The molecule has 0 aromatic heterocycles. The van der Waals surface area contributed by atoms with E-state index >= 15 is 0 Å². The van der Waals surface area contributed by atoms with E-state index in [9.17, 15) is 5.11 Å². The number of rotatable bonds is 2. The first kappa shape index (κ1) is 16.9. The summed E-state index contributed by atoms with van der Waals surface area (Å²) in [6, 6.07) is 0. The Morgan fingerprint density at radius 2 is 1.94 bits per heavy atom. The number of ether oxygens (including phenoxy) is 1. The van der Waals surface area contributed by atoms with Gasteiger partial charge in [0.05, 0.1) is 12.1 Å². The largest absolute Gasteiger partial charge is 0.388 e. The average Bonchev–Trinajstić information content (AvgIpc) is 2.14. The summed E-state index contributed by atoms with van der Waals surface area (Å²) in [4.78, 5) is 4.18. The van der Waals surface area contributed by atoms with Crippen molar-refractivity contribution in [1.82, 2.24) is 5.32 Å². The third kappa shape index (κ3) is 7.05. The quantitative estimate of drug-likeness (QED) is 0.389. The van der Waals surface area contributed by atoms with E-state index < -0.39 is 5.60 Å². The van der Waals surface area contributed by atoms with E-state index in [-0.39, 0.29) is 29.5 Å². The van der Waals surface area contributed by atoms with Crippen molar-refractivity contribution in [2.24, 2.45) is 10.7 Å². The Morgan fingerprint density at radius 1 is 1.41 bits per heavy atom. The van der Waals surface area contributed by atoms with Crippen LogP contribution >= 0.6 is 24.0 Å². The highest BCUT2D eigenvalue weighted by atomic mass is 127. The summed E-state index contributed by atoms with van der Waals surface area (Å²) in [6.07, 6.45) is 1.25. The Hall–Kier alpha value is -0.0800. The molecule has 0 atom stereocenters. The first-order valence-corrected chi connectivity index (χ1v) is 5.69. The molecule has 0 bridgehead atoms. The molecular weight excluding hydrogens is 333 g/mol. The van der Waals surface area contributed by atoms with Gasteiger partial charge in [-0.05, 0) is 20.8 Å². The number of nitrogens with two attached hydrogens (primary N) is 1. The fourth-order valence-electron chi connectivity index (χ4n) is 1.57. The lowest BCUT2D eigenvalue weighted by Crippen LogP contribution is -2.46. The van der Waals surface area contributed by atoms with Crippen LogP contribution < -0.4 is 11.1 Å². The molecule has 17 heavy (non-hydrogen) atoms. The van der Waals surface area contributed by atoms with Gasteiger partial charge in [0.1, 0.15) is 0 Å². The number of nitrogens with one attached hydrogen (secondary N) is 1. The summed E-state index contributed by atoms with van der Waals surface area (Å²) in [5.74, 6) is 0.382. The van der Waals surface area contributed by atoms with E-state index in [0.29, 0.717) is 38.6 Å². The van der Waals surface area contributed by atoms with Crippen molar-refractivity contribution >= 4 is 29.9 Å². The number of halogens is 1. The zero-order valence-corrected chi connectivity index (χ0v) is 13.2. The van der Waals surface area contributed by atoms with Crippen molar-refractivity contribution in [3.05, 3.63) is 0 Å². The van der Waals surface area contributed by atoms with Crippen molar-refractivity contribution in [3.8, 4) is 0 Å². The summed E-state index contributed by atoms with van der Waals surface area (Å²) in [5.41, 5.74) is 4.88. The van der Waals surface area contributed by atoms with E-state index in [2.05, 4.69) is 10.3 Å². The second-order valence-electron chi connectivity index (χ2n) is 5.41. The van der Waals surface area contributed by atoms with Gasteiger partial charge in [-0.2, -0.15) is 0 Å². The summed E-state index contributed by atoms with van der Waals surface area (Å²) >= 11 is 0. The first-order chi connectivity index (χ1) is 7.31. The Kier molecular flexibility index (Phi) is 6.71. The number of guanidine groups is 1. The van der Waals surface area contributed by atoms with Gasteiger partial charge in [0.2, 0.25) is 0 Å². The minimum atomic E-state index is -0.748. The van der Waals surface area contributed by atoms with Crippen LogP contribution in [0.1, 0.15) is 33.6 Å². The van der Waals surface area contributed by atoms with Gasteiger partial charge in [0, 0.05) is 31.6 Å². The summed E-state index contributed by atoms with van der Waals surface area (Å²) < 4.78 is 5.20. The zero-order valence-electron chi connectivity index (χ0n) is 10.8. The Labute approximate surface area is 120 Å². The molecule has 1 aliphatic heterocycles. The highest BCUT2D eigenvalue weighted by Gasteiger charge is 2.29. The molecule has 6 heteroatoms. The molecule has 0 aromatic rings. The lowest BCUT2D eigenvalue weighted by molar-refractivity contribution is -0.0565. The maximum absolute atomic E-state index is 10.1. The fourth-order valence-corrected chi connectivity index (χ4v) is 1.57. The van der Waals surface area contributed by atoms with Crippen LogP contribution in [0.2, 0.25) is 0 Å².